The van der Waals surface area contributed by atoms with Gasteiger partial charge in [-0.3, -0.25) is 14.8 Å². The van der Waals surface area contributed by atoms with Crippen molar-refractivity contribution in [1.82, 2.24) is 5.48 Å². The Kier molecular flexibility index (Phi) is 7.94. The topological polar surface area (TPSA) is 78.9 Å². The number of benzene rings is 2. The fourth-order valence-corrected chi connectivity index (χ4v) is 3.76. The zero-order valence-corrected chi connectivity index (χ0v) is 19.4. The van der Waals surface area contributed by atoms with E-state index in [2.05, 4.69) is 33.9 Å². The van der Waals surface area contributed by atoms with Crippen LogP contribution in [0.5, 0.6) is 0 Å². The van der Waals surface area contributed by atoms with Gasteiger partial charge in [-0.15, -0.1) is 0 Å². The van der Waals surface area contributed by atoms with Crippen molar-refractivity contribution in [3.05, 3.63) is 65.7 Å². The van der Waals surface area contributed by atoms with Crippen molar-refractivity contribution in [2.45, 2.75) is 45.3 Å². The molecule has 0 radical (unpaired) electrons. The standard InChI is InChI=1S/C23H32N2O4Si/c1-23(2,3)30(4,5)29-16-15-25(20-9-7-6-8-10-20)21(26)17-18-11-13-19(14-12-18)22(27)24-28/h6-14,28H,15-17H2,1-5H3,(H,24,27). The first-order valence-corrected chi connectivity index (χ1v) is 13.0. The highest BCUT2D eigenvalue weighted by Crippen LogP contribution is 2.36. The lowest BCUT2D eigenvalue weighted by atomic mass is 10.1. The first kappa shape index (κ1) is 23.8. The van der Waals surface area contributed by atoms with E-state index in [0.717, 1.165) is 11.3 Å². The number of anilines is 1. The molecule has 0 atom stereocenters. The van der Waals surface area contributed by atoms with Crippen LogP contribution in [-0.4, -0.2) is 38.5 Å². The van der Waals surface area contributed by atoms with Gasteiger partial charge in [0.1, 0.15) is 0 Å². The largest absolute Gasteiger partial charge is 0.415 e. The zero-order valence-electron chi connectivity index (χ0n) is 18.4. The van der Waals surface area contributed by atoms with Crippen LogP contribution in [0.15, 0.2) is 54.6 Å². The minimum Gasteiger partial charge on any atom is -0.415 e. The van der Waals surface area contributed by atoms with Gasteiger partial charge in [0, 0.05) is 17.8 Å². The summed E-state index contributed by atoms with van der Waals surface area (Å²) in [6.45, 7) is 11.9. The smallest absolute Gasteiger partial charge is 0.274 e. The summed E-state index contributed by atoms with van der Waals surface area (Å²) in [5, 5.41) is 8.83. The second-order valence-corrected chi connectivity index (χ2v) is 13.6. The second-order valence-electron chi connectivity index (χ2n) is 8.80. The molecule has 0 saturated carbocycles. The van der Waals surface area contributed by atoms with Crippen molar-refractivity contribution in [3.63, 3.8) is 0 Å². The molecule has 6 nitrogen and oxygen atoms in total. The van der Waals surface area contributed by atoms with Gasteiger partial charge in [-0.1, -0.05) is 51.1 Å². The van der Waals surface area contributed by atoms with Gasteiger partial charge in [-0.05, 0) is 48.0 Å². The summed E-state index contributed by atoms with van der Waals surface area (Å²) in [4.78, 5) is 26.3. The van der Waals surface area contributed by atoms with Crippen molar-refractivity contribution in [2.75, 3.05) is 18.1 Å². The Bertz CT molecular complexity index is 846. The molecule has 0 aliphatic carbocycles. The number of hydroxylamine groups is 1. The van der Waals surface area contributed by atoms with Crippen LogP contribution in [0.25, 0.3) is 0 Å². The van der Waals surface area contributed by atoms with Gasteiger partial charge in [-0.25, -0.2) is 5.48 Å². The molecular weight excluding hydrogens is 396 g/mol. The number of hydrogen-bond acceptors (Lipinski definition) is 4. The molecule has 0 heterocycles. The van der Waals surface area contributed by atoms with Crippen LogP contribution in [0.3, 0.4) is 0 Å². The Morgan fingerprint density at radius 2 is 1.63 bits per heavy atom. The quantitative estimate of drug-likeness (QED) is 0.371. The first-order valence-electron chi connectivity index (χ1n) is 10.1. The highest BCUT2D eigenvalue weighted by Gasteiger charge is 2.37. The van der Waals surface area contributed by atoms with Crippen molar-refractivity contribution in [2.24, 2.45) is 0 Å². The molecule has 2 N–H and O–H groups in total. The number of para-hydroxylation sites is 1. The summed E-state index contributed by atoms with van der Waals surface area (Å²) in [6.07, 6.45) is 0.204. The van der Waals surface area contributed by atoms with E-state index in [1.165, 1.54) is 0 Å². The molecule has 0 bridgehead atoms. The minimum absolute atomic E-state index is 0.0422. The van der Waals surface area contributed by atoms with Crippen LogP contribution in [0.4, 0.5) is 5.69 Å². The maximum Gasteiger partial charge on any atom is 0.274 e. The summed E-state index contributed by atoms with van der Waals surface area (Å²) in [5.74, 6) is -0.624. The van der Waals surface area contributed by atoms with Gasteiger partial charge in [0.05, 0.1) is 13.0 Å². The van der Waals surface area contributed by atoms with E-state index in [1.54, 1.807) is 34.6 Å². The van der Waals surface area contributed by atoms with Crippen LogP contribution in [-0.2, 0) is 15.6 Å². The van der Waals surface area contributed by atoms with Gasteiger partial charge < -0.3 is 9.33 Å². The van der Waals surface area contributed by atoms with Crippen molar-refractivity contribution in [1.29, 1.82) is 0 Å². The maximum absolute atomic E-state index is 13.1. The molecule has 2 rings (SSSR count). The molecule has 162 valence electrons. The molecule has 0 saturated heterocycles. The average Bonchev–Trinajstić information content (AvgIpc) is 2.71. The fourth-order valence-electron chi connectivity index (χ4n) is 2.72. The Hall–Kier alpha value is -2.48. The molecule has 7 heteroatoms. The van der Waals surface area contributed by atoms with Gasteiger partial charge in [0.25, 0.3) is 5.91 Å². The van der Waals surface area contributed by atoms with E-state index in [1.807, 2.05) is 30.3 Å². The average molecular weight is 429 g/mol. The van der Waals surface area contributed by atoms with Crippen molar-refractivity contribution in [3.8, 4) is 0 Å². The SMILES string of the molecule is CC(C)(C)[Si](C)(C)OCCN(C(=O)Cc1ccc(C(=O)NO)cc1)c1ccccc1. The van der Waals surface area contributed by atoms with Gasteiger partial charge in [0.2, 0.25) is 5.91 Å². The Labute approximate surface area is 180 Å². The van der Waals surface area contributed by atoms with Crippen LogP contribution in [0, 0.1) is 0 Å². The summed E-state index contributed by atoms with van der Waals surface area (Å²) in [7, 11) is -1.90. The number of carbonyl (C=O) groups excluding carboxylic acids is 2. The molecule has 2 amide bonds. The third-order valence-corrected chi connectivity index (χ3v) is 10.2. The van der Waals surface area contributed by atoms with Crippen molar-refractivity contribution >= 4 is 25.8 Å². The molecule has 2 aromatic carbocycles. The molecule has 0 aliphatic heterocycles. The lowest BCUT2D eigenvalue weighted by Crippen LogP contribution is -2.44. The molecule has 0 unspecified atom stereocenters. The highest BCUT2D eigenvalue weighted by atomic mass is 28.4. The summed E-state index contributed by atoms with van der Waals surface area (Å²) < 4.78 is 6.28. The number of amides is 2. The fraction of sp³-hybridized carbons (Fsp3) is 0.391. The predicted molar refractivity (Wildman–Crippen MR) is 121 cm³/mol. The molecule has 30 heavy (non-hydrogen) atoms. The Morgan fingerprint density at radius 3 is 2.17 bits per heavy atom. The third-order valence-electron chi connectivity index (χ3n) is 5.63. The second kappa shape index (κ2) is 10.0. The summed E-state index contributed by atoms with van der Waals surface area (Å²) in [6, 6.07) is 16.2. The van der Waals surface area contributed by atoms with Crippen LogP contribution in [0.2, 0.25) is 18.1 Å². The molecular formula is C23H32N2O4Si. The number of hydrogen-bond donors (Lipinski definition) is 2. The predicted octanol–water partition coefficient (Wildman–Crippen LogP) is 4.40. The number of nitrogens with zero attached hydrogens (tertiary/aromatic N) is 1. The number of rotatable bonds is 8. The molecule has 0 aliphatic rings. The van der Waals surface area contributed by atoms with E-state index >= 15 is 0 Å². The van der Waals surface area contributed by atoms with Gasteiger partial charge in [0.15, 0.2) is 8.32 Å². The Morgan fingerprint density at radius 1 is 1.03 bits per heavy atom. The highest BCUT2D eigenvalue weighted by molar-refractivity contribution is 6.74. The van der Waals surface area contributed by atoms with E-state index in [4.69, 9.17) is 9.63 Å². The monoisotopic (exact) mass is 428 g/mol. The van der Waals surface area contributed by atoms with Gasteiger partial charge >= 0.3 is 0 Å². The summed E-state index contributed by atoms with van der Waals surface area (Å²) in [5.41, 5.74) is 3.56. The Balaban J connectivity index is 2.11. The van der Waals surface area contributed by atoms with Gasteiger partial charge in [-0.2, -0.15) is 0 Å². The van der Waals surface area contributed by atoms with E-state index in [9.17, 15) is 9.59 Å². The van der Waals surface area contributed by atoms with E-state index in [-0.39, 0.29) is 17.4 Å². The van der Waals surface area contributed by atoms with Crippen LogP contribution >= 0.6 is 0 Å². The number of carbonyl (C=O) groups is 2. The first-order chi connectivity index (χ1) is 14.0. The van der Waals surface area contributed by atoms with Crippen LogP contribution < -0.4 is 10.4 Å². The molecule has 0 spiro atoms. The maximum atomic E-state index is 13.1. The molecule has 0 aromatic heterocycles. The lowest BCUT2D eigenvalue weighted by Gasteiger charge is -2.36. The van der Waals surface area contributed by atoms with E-state index in [0.29, 0.717) is 18.7 Å². The lowest BCUT2D eigenvalue weighted by molar-refractivity contribution is -0.118. The summed E-state index contributed by atoms with van der Waals surface area (Å²) >= 11 is 0. The molecule has 0 fully saturated rings. The van der Waals surface area contributed by atoms with E-state index < -0.39 is 14.2 Å². The van der Waals surface area contributed by atoms with Crippen LogP contribution in [0.1, 0.15) is 36.7 Å². The number of nitrogens with one attached hydrogen (secondary N) is 1. The third kappa shape index (κ3) is 6.26. The normalized spacial score (nSPS) is 11.8. The van der Waals surface area contributed by atoms with Crippen molar-refractivity contribution < 1.29 is 19.2 Å². The zero-order chi connectivity index (χ0) is 22.4. The molecule has 2 aromatic rings. The minimum atomic E-state index is -1.90.